The van der Waals surface area contributed by atoms with Gasteiger partial charge in [-0.25, -0.2) is 4.79 Å². The topological polar surface area (TPSA) is 55.8 Å². The Balaban J connectivity index is 2.11. The number of nitrogens with zero attached hydrogens (tertiary/aromatic N) is 1. The van der Waals surface area contributed by atoms with Crippen LogP contribution < -0.4 is 0 Å². The first-order valence-electron chi connectivity index (χ1n) is 7.01. The van der Waals surface area contributed by atoms with E-state index in [4.69, 9.17) is 4.84 Å². The number of hydroxylamine groups is 2. The summed E-state index contributed by atoms with van der Waals surface area (Å²) < 4.78 is 43.1. The van der Waals surface area contributed by atoms with Crippen molar-refractivity contribution in [2.24, 2.45) is 5.92 Å². The number of piperidine rings is 1. The molecule has 23 heavy (non-hydrogen) atoms. The predicted molar refractivity (Wildman–Crippen MR) is 73.1 cm³/mol. The van der Waals surface area contributed by atoms with Crippen LogP contribution in [-0.4, -0.2) is 42.9 Å². The highest BCUT2D eigenvalue weighted by Gasteiger charge is 2.47. The normalized spacial score (nSPS) is 22.4. The van der Waals surface area contributed by atoms with Crippen molar-refractivity contribution in [2.45, 2.75) is 25.1 Å². The maximum Gasteiger partial charge on any atom is 0.391 e. The molecule has 1 aliphatic rings. The molecule has 0 unspecified atom stereocenters. The molecule has 0 amide bonds. The lowest BCUT2D eigenvalue weighted by Crippen LogP contribution is -2.50. The molecule has 5 nitrogen and oxygen atoms in total. The van der Waals surface area contributed by atoms with E-state index >= 15 is 0 Å². The zero-order valence-corrected chi connectivity index (χ0v) is 12.4. The molecule has 1 aromatic rings. The molecule has 1 aliphatic heterocycles. The monoisotopic (exact) mass is 331 g/mol. The minimum absolute atomic E-state index is 0.192. The van der Waals surface area contributed by atoms with E-state index in [1.165, 1.54) is 12.1 Å². The van der Waals surface area contributed by atoms with E-state index in [1.807, 2.05) is 0 Å². The SMILES string of the molecule is COC(=O)[C@@H]1C[C@H](C(F)(F)F)CCN1OC(=O)c1ccccc1. The van der Waals surface area contributed by atoms with E-state index in [0.29, 0.717) is 0 Å². The Bertz CT molecular complexity index is 562. The Hall–Kier alpha value is -2.09. The lowest BCUT2D eigenvalue weighted by Gasteiger charge is -2.36. The van der Waals surface area contributed by atoms with Gasteiger partial charge in [0.25, 0.3) is 0 Å². The minimum Gasteiger partial charge on any atom is -0.468 e. The highest BCUT2D eigenvalue weighted by Crippen LogP contribution is 2.37. The summed E-state index contributed by atoms with van der Waals surface area (Å²) in [5.41, 5.74) is 0.245. The molecule has 0 saturated carbocycles. The first-order valence-corrected chi connectivity index (χ1v) is 7.01. The Labute approximate surface area is 130 Å². The van der Waals surface area contributed by atoms with Crippen molar-refractivity contribution in [3.8, 4) is 0 Å². The van der Waals surface area contributed by atoms with Crippen LogP contribution in [0.5, 0.6) is 0 Å². The zero-order chi connectivity index (χ0) is 17.0. The van der Waals surface area contributed by atoms with Crippen molar-refractivity contribution >= 4 is 11.9 Å². The molecule has 1 aromatic carbocycles. The molecule has 0 radical (unpaired) electrons. The molecule has 0 spiro atoms. The molecule has 0 aromatic heterocycles. The molecule has 2 rings (SSSR count). The van der Waals surface area contributed by atoms with Crippen LogP contribution >= 0.6 is 0 Å². The average Bonchev–Trinajstić information content (AvgIpc) is 2.54. The van der Waals surface area contributed by atoms with Crippen LogP contribution in [-0.2, 0) is 14.4 Å². The minimum atomic E-state index is -4.40. The molecular weight excluding hydrogens is 315 g/mol. The van der Waals surface area contributed by atoms with Crippen LogP contribution in [0.3, 0.4) is 0 Å². The molecule has 1 saturated heterocycles. The quantitative estimate of drug-likeness (QED) is 0.797. The number of ether oxygens (including phenoxy) is 1. The predicted octanol–water partition coefficient (Wildman–Crippen LogP) is 2.57. The van der Waals surface area contributed by atoms with Crippen LogP contribution in [0.25, 0.3) is 0 Å². The number of rotatable bonds is 3. The average molecular weight is 331 g/mol. The van der Waals surface area contributed by atoms with Crippen molar-refractivity contribution < 1.29 is 32.3 Å². The van der Waals surface area contributed by atoms with Gasteiger partial charge >= 0.3 is 18.1 Å². The molecule has 1 heterocycles. The maximum atomic E-state index is 12.9. The fourth-order valence-electron chi connectivity index (χ4n) is 2.43. The molecular formula is C15H16F3NO4. The van der Waals surface area contributed by atoms with Gasteiger partial charge in [0.1, 0.15) is 6.04 Å². The second kappa shape index (κ2) is 6.99. The Morgan fingerprint density at radius 3 is 2.43 bits per heavy atom. The summed E-state index contributed by atoms with van der Waals surface area (Å²) in [5, 5.41) is 0.976. The second-order valence-corrected chi connectivity index (χ2v) is 5.19. The second-order valence-electron chi connectivity index (χ2n) is 5.19. The van der Waals surface area contributed by atoms with Gasteiger partial charge in [-0.2, -0.15) is 13.2 Å². The van der Waals surface area contributed by atoms with Gasteiger partial charge in [0.2, 0.25) is 0 Å². The zero-order valence-electron chi connectivity index (χ0n) is 12.4. The summed E-state index contributed by atoms with van der Waals surface area (Å²) in [7, 11) is 1.08. The third kappa shape index (κ3) is 4.22. The number of benzene rings is 1. The van der Waals surface area contributed by atoms with Gasteiger partial charge in [-0.05, 0) is 25.0 Å². The maximum absolute atomic E-state index is 12.9. The van der Waals surface area contributed by atoms with E-state index in [0.717, 1.165) is 12.2 Å². The van der Waals surface area contributed by atoms with Gasteiger partial charge in [0, 0.05) is 6.54 Å². The number of carbonyl (C=O) groups excluding carboxylic acids is 2. The molecule has 1 fully saturated rings. The summed E-state index contributed by atoms with van der Waals surface area (Å²) >= 11 is 0. The Morgan fingerprint density at radius 2 is 1.87 bits per heavy atom. The van der Waals surface area contributed by atoms with Crippen LogP contribution in [0.4, 0.5) is 13.2 Å². The lowest BCUT2D eigenvalue weighted by molar-refractivity contribution is -0.224. The summed E-state index contributed by atoms with van der Waals surface area (Å²) in [4.78, 5) is 28.9. The molecule has 0 bridgehead atoms. The fourth-order valence-corrected chi connectivity index (χ4v) is 2.43. The van der Waals surface area contributed by atoms with Crippen molar-refractivity contribution in [1.82, 2.24) is 5.06 Å². The summed E-state index contributed by atoms with van der Waals surface area (Å²) in [5.74, 6) is -3.22. The highest BCUT2D eigenvalue weighted by molar-refractivity contribution is 5.89. The first-order chi connectivity index (χ1) is 10.8. The van der Waals surface area contributed by atoms with Crippen LogP contribution in [0.15, 0.2) is 30.3 Å². The van der Waals surface area contributed by atoms with Crippen molar-refractivity contribution in [3.63, 3.8) is 0 Å². The number of hydrogen-bond acceptors (Lipinski definition) is 5. The van der Waals surface area contributed by atoms with Gasteiger partial charge in [-0.15, -0.1) is 5.06 Å². The number of carbonyl (C=O) groups is 2. The van der Waals surface area contributed by atoms with E-state index in [2.05, 4.69) is 4.74 Å². The van der Waals surface area contributed by atoms with E-state index in [9.17, 15) is 22.8 Å². The van der Waals surface area contributed by atoms with Gasteiger partial charge in [0.15, 0.2) is 0 Å². The third-order valence-electron chi connectivity index (χ3n) is 3.70. The van der Waals surface area contributed by atoms with Crippen LogP contribution in [0.2, 0.25) is 0 Å². The number of hydrogen-bond donors (Lipinski definition) is 0. The van der Waals surface area contributed by atoms with E-state index in [-0.39, 0.29) is 18.5 Å². The van der Waals surface area contributed by atoms with E-state index in [1.54, 1.807) is 18.2 Å². The van der Waals surface area contributed by atoms with Gasteiger partial charge in [0.05, 0.1) is 18.6 Å². The largest absolute Gasteiger partial charge is 0.468 e. The number of alkyl halides is 3. The Morgan fingerprint density at radius 1 is 1.22 bits per heavy atom. The highest BCUT2D eigenvalue weighted by atomic mass is 19.4. The molecule has 2 atom stereocenters. The fraction of sp³-hybridized carbons (Fsp3) is 0.467. The number of methoxy groups -OCH3 is 1. The summed E-state index contributed by atoms with van der Waals surface area (Å²) in [6.07, 6.45) is -5.15. The van der Waals surface area contributed by atoms with E-state index < -0.39 is 36.5 Å². The van der Waals surface area contributed by atoms with Crippen molar-refractivity contribution in [1.29, 1.82) is 0 Å². The van der Waals surface area contributed by atoms with Crippen molar-refractivity contribution in [3.05, 3.63) is 35.9 Å². The number of halogens is 3. The lowest BCUT2D eigenvalue weighted by atomic mass is 9.91. The standard InChI is InChI=1S/C15H16F3NO4/c1-22-14(21)12-9-11(15(16,17)18)7-8-19(12)23-13(20)10-5-3-2-4-6-10/h2-6,11-12H,7-9H2,1H3/t11-,12+/m1/s1. The molecule has 0 N–H and O–H groups in total. The van der Waals surface area contributed by atoms with Gasteiger partial charge < -0.3 is 9.57 Å². The van der Waals surface area contributed by atoms with Gasteiger partial charge in [-0.1, -0.05) is 18.2 Å². The third-order valence-corrected chi connectivity index (χ3v) is 3.70. The molecule has 0 aliphatic carbocycles. The molecule has 8 heteroatoms. The van der Waals surface area contributed by atoms with Crippen LogP contribution in [0, 0.1) is 5.92 Å². The Kier molecular flexibility index (Phi) is 5.25. The van der Waals surface area contributed by atoms with Gasteiger partial charge in [-0.3, -0.25) is 4.79 Å². The summed E-state index contributed by atoms with van der Waals surface area (Å²) in [6, 6.07) is 6.72. The van der Waals surface area contributed by atoms with Crippen LogP contribution in [0.1, 0.15) is 23.2 Å². The summed E-state index contributed by atoms with van der Waals surface area (Å²) in [6.45, 7) is -0.192. The van der Waals surface area contributed by atoms with Crippen molar-refractivity contribution in [2.75, 3.05) is 13.7 Å². The smallest absolute Gasteiger partial charge is 0.391 e. The first kappa shape index (κ1) is 17.3. The molecule has 126 valence electrons. The number of esters is 1.